The summed E-state index contributed by atoms with van der Waals surface area (Å²) in [6.07, 6.45) is 3.97. The lowest BCUT2D eigenvalue weighted by Crippen LogP contribution is -2.56. The second kappa shape index (κ2) is 8.98. The van der Waals surface area contributed by atoms with Crippen LogP contribution in [0.3, 0.4) is 0 Å². The van der Waals surface area contributed by atoms with Gasteiger partial charge in [0.1, 0.15) is 11.9 Å². The number of pyridine rings is 1. The molecule has 31 heavy (non-hydrogen) atoms. The third kappa shape index (κ3) is 4.52. The molecule has 2 fully saturated rings. The maximum atomic E-state index is 13.4. The molecule has 1 N–H and O–H groups in total. The first kappa shape index (κ1) is 21.2. The minimum Gasteiger partial charge on any atom is -0.347 e. The molecule has 3 atom stereocenters. The van der Waals surface area contributed by atoms with Crippen molar-refractivity contribution >= 4 is 11.7 Å². The number of amides is 1. The van der Waals surface area contributed by atoms with E-state index in [1.807, 2.05) is 17.9 Å². The Kier molecular flexibility index (Phi) is 6.14. The Morgan fingerprint density at radius 1 is 1.23 bits per heavy atom. The van der Waals surface area contributed by atoms with Gasteiger partial charge in [0.25, 0.3) is 0 Å². The topological polar surface area (TPSA) is 72.3 Å². The van der Waals surface area contributed by atoms with E-state index in [4.69, 9.17) is 5.26 Å². The van der Waals surface area contributed by atoms with Crippen molar-refractivity contribution in [2.45, 2.75) is 44.3 Å². The van der Waals surface area contributed by atoms with Gasteiger partial charge in [0.2, 0.25) is 5.91 Å². The quantitative estimate of drug-likeness (QED) is 0.770. The third-order valence-electron chi connectivity index (χ3n) is 6.21. The lowest BCUT2D eigenvalue weighted by molar-refractivity contribution is -0.132. The second-order valence-corrected chi connectivity index (χ2v) is 8.21. The molecule has 2 aromatic rings. The van der Waals surface area contributed by atoms with Gasteiger partial charge >= 0.3 is 0 Å². The lowest BCUT2D eigenvalue weighted by atomic mass is 10.1. The average molecular weight is 425 g/mol. The third-order valence-corrected chi connectivity index (χ3v) is 6.21. The van der Waals surface area contributed by atoms with Crippen LogP contribution in [0.2, 0.25) is 0 Å². The molecule has 2 aliphatic heterocycles. The molecule has 0 spiro atoms. The number of aromatic nitrogens is 1. The molecular formula is C23H25F2N5O. The molecule has 0 aliphatic carbocycles. The van der Waals surface area contributed by atoms with Crippen molar-refractivity contribution in [2.24, 2.45) is 0 Å². The lowest BCUT2D eigenvalue weighted by Gasteiger charge is -2.42. The molecular weight excluding hydrogens is 400 g/mol. The van der Waals surface area contributed by atoms with Crippen LogP contribution in [0.1, 0.15) is 43.4 Å². The Labute approximate surface area is 180 Å². The SMILES string of the molecule is C[C@H](NCCC(=O)N1CC2CCC(C1)N2c1ccc(C#N)cn1)c1ccc(F)c(F)c1. The molecule has 162 valence electrons. The van der Waals surface area contributed by atoms with Crippen LogP contribution in [0.5, 0.6) is 0 Å². The number of hydrogen-bond donors (Lipinski definition) is 1. The first-order valence-corrected chi connectivity index (χ1v) is 10.6. The van der Waals surface area contributed by atoms with Gasteiger partial charge in [-0.15, -0.1) is 0 Å². The summed E-state index contributed by atoms with van der Waals surface area (Å²) in [6.45, 7) is 3.65. The Morgan fingerprint density at radius 2 is 1.97 bits per heavy atom. The van der Waals surface area contributed by atoms with Crippen LogP contribution in [0.25, 0.3) is 0 Å². The van der Waals surface area contributed by atoms with Crippen molar-refractivity contribution < 1.29 is 13.6 Å². The van der Waals surface area contributed by atoms with Gasteiger partial charge in [-0.3, -0.25) is 4.79 Å². The average Bonchev–Trinajstić information content (AvgIpc) is 3.04. The standard InChI is InChI=1S/C23H25F2N5O/c1-15(17-3-6-20(24)21(25)10-17)27-9-8-23(31)29-13-18-4-5-19(14-29)30(18)22-7-2-16(11-26)12-28-22/h2-3,6-7,10,12,15,18-19,27H,4-5,8-9,13-14H2,1H3/t15-,18?,19?/m0/s1. The molecule has 6 nitrogen and oxygen atoms in total. The first-order chi connectivity index (χ1) is 15.0. The zero-order valence-electron chi connectivity index (χ0n) is 17.4. The Morgan fingerprint density at radius 3 is 2.58 bits per heavy atom. The van der Waals surface area contributed by atoms with E-state index < -0.39 is 11.6 Å². The van der Waals surface area contributed by atoms with Crippen LogP contribution >= 0.6 is 0 Å². The Hall–Kier alpha value is -3.05. The zero-order valence-corrected chi connectivity index (χ0v) is 17.4. The van der Waals surface area contributed by atoms with E-state index in [-0.39, 0.29) is 24.0 Å². The van der Waals surface area contributed by atoms with Crippen molar-refractivity contribution in [3.8, 4) is 6.07 Å². The van der Waals surface area contributed by atoms with E-state index in [1.165, 1.54) is 6.07 Å². The molecule has 4 rings (SSSR count). The highest BCUT2D eigenvalue weighted by Gasteiger charge is 2.41. The molecule has 1 aromatic carbocycles. The van der Waals surface area contributed by atoms with E-state index >= 15 is 0 Å². The zero-order chi connectivity index (χ0) is 22.0. The number of nitriles is 1. The number of fused-ring (bicyclic) bond motifs is 2. The minimum atomic E-state index is -0.868. The van der Waals surface area contributed by atoms with Crippen molar-refractivity contribution in [3.05, 3.63) is 59.3 Å². The number of hydrogen-bond acceptors (Lipinski definition) is 5. The predicted octanol–water partition coefficient (Wildman–Crippen LogP) is 3.15. The molecule has 0 saturated carbocycles. The first-order valence-electron chi connectivity index (χ1n) is 10.6. The molecule has 2 unspecified atom stereocenters. The second-order valence-electron chi connectivity index (χ2n) is 8.21. The van der Waals surface area contributed by atoms with Crippen LogP contribution in [0.15, 0.2) is 36.5 Å². The van der Waals surface area contributed by atoms with Gasteiger partial charge in [0, 0.05) is 50.4 Å². The highest BCUT2D eigenvalue weighted by Crippen LogP contribution is 2.34. The fraction of sp³-hybridized carbons (Fsp3) is 0.435. The van der Waals surface area contributed by atoms with E-state index in [1.54, 1.807) is 18.3 Å². The number of likely N-dealkylation sites (tertiary alicyclic amines) is 1. The van der Waals surface area contributed by atoms with Crippen molar-refractivity contribution in [1.29, 1.82) is 5.26 Å². The Balaban J connectivity index is 1.29. The van der Waals surface area contributed by atoms with Gasteiger partial charge in [-0.05, 0) is 49.6 Å². The molecule has 1 amide bonds. The van der Waals surface area contributed by atoms with Crippen LogP contribution in [0.4, 0.5) is 14.6 Å². The number of halogens is 2. The molecule has 2 saturated heterocycles. The number of nitrogens with zero attached hydrogens (tertiary/aromatic N) is 4. The summed E-state index contributed by atoms with van der Waals surface area (Å²) in [6, 6.07) is 9.88. The van der Waals surface area contributed by atoms with Gasteiger partial charge in [0.05, 0.1) is 5.56 Å². The van der Waals surface area contributed by atoms with E-state index in [2.05, 4.69) is 21.3 Å². The number of carbonyl (C=O) groups excluding carboxylic acids is 1. The highest BCUT2D eigenvalue weighted by atomic mass is 19.2. The van der Waals surface area contributed by atoms with Gasteiger partial charge in [-0.1, -0.05) is 6.07 Å². The monoisotopic (exact) mass is 425 g/mol. The van der Waals surface area contributed by atoms with Gasteiger partial charge < -0.3 is 15.1 Å². The Bertz CT molecular complexity index is 976. The number of carbonyl (C=O) groups is 1. The molecule has 8 heteroatoms. The molecule has 1 aromatic heterocycles. The number of benzene rings is 1. The summed E-state index contributed by atoms with van der Waals surface area (Å²) in [5.41, 5.74) is 1.18. The van der Waals surface area contributed by atoms with Crippen LogP contribution in [0, 0.1) is 23.0 Å². The summed E-state index contributed by atoms with van der Waals surface area (Å²) in [7, 11) is 0. The summed E-state index contributed by atoms with van der Waals surface area (Å²) in [5, 5.41) is 12.2. The molecule has 3 heterocycles. The van der Waals surface area contributed by atoms with Crippen LogP contribution in [-0.4, -0.2) is 47.5 Å². The number of nitrogens with one attached hydrogen (secondary N) is 1. The smallest absolute Gasteiger partial charge is 0.223 e. The molecule has 0 radical (unpaired) electrons. The maximum Gasteiger partial charge on any atom is 0.223 e. The summed E-state index contributed by atoms with van der Waals surface area (Å²) in [5.74, 6) is -0.779. The van der Waals surface area contributed by atoms with E-state index in [0.717, 1.165) is 24.7 Å². The fourth-order valence-electron chi connectivity index (χ4n) is 4.54. The minimum absolute atomic E-state index is 0.0920. The molecule has 2 aliphatic rings. The largest absolute Gasteiger partial charge is 0.347 e. The van der Waals surface area contributed by atoms with Crippen molar-refractivity contribution in [2.75, 3.05) is 24.5 Å². The summed E-state index contributed by atoms with van der Waals surface area (Å²) < 4.78 is 26.5. The number of piperazine rings is 1. The summed E-state index contributed by atoms with van der Waals surface area (Å²) >= 11 is 0. The normalized spacial score (nSPS) is 21.1. The van der Waals surface area contributed by atoms with E-state index in [0.29, 0.717) is 37.2 Å². The van der Waals surface area contributed by atoms with Gasteiger partial charge in [-0.2, -0.15) is 5.26 Å². The van der Waals surface area contributed by atoms with Gasteiger partial charge in [0.15, 0.2) is 11.6 Å². The van der Waals surface area contributed by atoms with Crippen molar-refractivity contribution in [1.82, 2.24) is 15.2 Å². The maximum absolute atomic E-state index is 13.4. The van der Waals surface area contributed by atoms with Gasteiger partial charge in [-0.25, -0.2) is 13.8 Å². The van der Waals surface area contributed by atoms with E-state index in [9.17, 15) is 13.6 Å². The van der Waals surface area contributed by atoms with Crippen LogP contribution < -0.4 is 10.2 Å². The molecule has 2 bridgehead atoms. The number of rotatable bonds is 6. The van der Waals surface area contributed by atoms with Crippen molar-refractivity contribution in [3.63, 3.8) is 0 Å². The fourth-order valence-corrected chi connectivity index (χ4v) is 4.54. The highest BCUT2D eigenvalue weighted by molar-refractivity contribution is 5.77. The predicted molar refractivity (Wildman–Crippen MR) is 112 cm³/mol. The van der Waals surface area contributed by atoms with Crippen LogP contribution in [-0.2, 0) is 4.79 Å². The summed E-state index contributed by atoms with van der Waals surface area (Å²) in [4.78, 5) is 21.4. The number of anilines is 1.